The van der Waals surface area contributed by atoms with Crippen LogP contribution in [0.25, 0.3) is 11.1 Å². The molecule has 3 heterocycles. The summed E-state index contributed by atoms with van der Waals surface area (Å²) in [5, 5.41) is 10.5. The minimum atomic E-state index is -4.07. The Morgan fingerprint density at radius 3 is 2.51 bits per heavy atom. The van der Waals surface area contributed by atoms with Crippen molar-refractivity contribution in [2.75, 3.05) is 16.6 Å². The normalized spacial score (nSPS) is 11.6. The maximum atomic E-state index is 14.0. The smallest absolute Gasteiger partial charge is 0.266 e. The van der Waals surface area contributed by atoms with Crippen LogP contribution in [0.5, 0.6) is 0 Å². The monoisotopic (exact) mass is 688 g/mol. The van der Waals surface area contributed by atoms with Gasteiger partial charge in [-0.2, -0.15) is 0 Å². The second-order valence-corrected chi connectivity index (χ2v) is 13.3. The van der Waals surface area contributed by atoms with E-state index in [9.17, 15) is 18.0 Å². The van der Waals surface area contributed by atoms with Crippen molar-refractivity contribution in [3.05, 3.63) is 98.7 Å². The Hall–Kier alpha value is -5.15. The average Bonchev–Trinajstić information content (AvgIpc) is 3.62. The molecule has 0 atom stereocenters. The maximum Gasteiger partial charge on any atom is 0.266 e. The number of ether oxygens (including phenoxy) is 1. The first kappa shape index (κ1) is 35.2. The lowest BCUT2D eigenvalue weighted by atomic mass is 9.97. The van der Waals surface area contributed by atoms with Crippen LogP contribution >= 0.6 is 0 Å². The highest BCUT2D eigenvalue weighted by Crippen LogP contribution is 2.33. The SMILES string of the molecule is CCCCc1nc(C)c(C(=O)Nc2ncn(C)n2)c(=O)n1Cc1ccc(-c2ccccc2S(=O)(=O)Nc2noc(C)c2C)c(COCC)c1. The summed E-state index contributed by atoms with van der Waals surface area (Å²) < 4.78 is 43.8. The van der Waals surface area contributed by atoms with E-state index in [4.69, 9.17) is 14.2 Å². The van der Waals surface area contributed by atoms with Gasteiger partial charge in [-0.3, -0.25) is 28.9 Å². The molecular weight excluding hydrogens is 648 g/mol. The van der Waals surface area contributed by atoms with Gasteiger partial charge in [0.05, 0.1) is 23.7 Å². The first-order valence-corrected chi connectivity index (χ1v) is 17.4. The number of hydrogen-bond acceptors (Lipinski definition) is 10. The lowest BCUT2D eigenvalue weighted by Crippen LogP contribution is -2.34. The summed E-state index contributed by atoms with van der Waals surface area (Å²) in [6.07, 6.45) is 3.68. The van der Waals surface area contributed by atoms with Crippen LogP contribution in [-0.4, -0.2) is 50.4 Å². The van der Waals surface area contributed by atoms with Gasteiger partial charge < -0.3 is 9.26 Å². The second-order valence-electron chi connectivity index (χ2n) is 11.6. The number of aryl methyl sites for hydroxylation is 4. The lowest BCUT2D eigenvalue weighted by Gasteiger charge is -2.18. The first-order valence-electron chi connectivity index (χ1n) is 15.9. The number of rotatable bonds is 14. The van der Waals surface area contributed by atoms with Crippen LogP contribution in [0.15, 0.2) is 63.0 Å². The van der Waals surface area contributed by atoms with E-state index in [2.05, 4.69) is 32.2 Å². The molecule has 1 amide bonds. The molecule has 3 aromatic heterocycles. The van der Waals surface area contributed by atoms with Crippen molar-refractivity contribution in [3.63, 3.8) is 0 Å². The molecule has 2 N–H and O–H groups in total. The standard InChI is InChI=1S/C34H40N8O6S/c1-7-9-14-29-36-22(4)30(32(43)37-34-35-20-41(6)38-34)33(44)42(29)18-24-15-16-26(25(17-24)19-47-8-2)27-12-10-11-13-28(27)49(45,46)40-31-21(3)23(5)48-39-31/h10-13,15-17,20H,7-9,14,18-19H2,1-6H3,(H,39,40)(H,37,38,43). The van der Waals surface area contributed by atoms with Crippen molar-refractivity contribution in [2.45, 2.75) is 71.9 Å². The molecule has 0 aliphatic heterocycles. The van der Waals surface area contributed by atoms with Gasteiger partial charge in [0.25, 0.3) is 21.5 Å². The Kier molecular flexibility index (Phi) is 10.7. The fourth-order valence-electron chi connectivity index (χ4n) is 5.37. The van der Waals surface area contributed by atoms with E-state index in [-0.39, 0.29) is 35.4 Å². The molecule has 0 aliphatic carbocycles. The second kappa shape index (κ2) is 15.0. The summed E-state index contributed by atoms with van der Waals surface area (Å²) in [6, 6.07) is 12.2. The summed E-state index contributed by atoms with van der Waals surface area (Å²) in [5.74, 6) is 0.629. The molecule has 0 fully saturated rings. The first-order chi connectivity index (χ1) is 23.4. The number of nitrogens with zero attached hydrogens (tertiary/aromatic N) is 6. The minimum Gasteiger partial charge on any atom is -0.377 e. The molecule has 0 radical (unpaired) electrons. The molecule has 15 heteroatoms. The molecule has 14 nitrogen and oxygen atoms in total. The zero-order valence-corrected chi connectivity index (χ0v) is 29.2. The molecule has 2 aromatic carbocycles. The third kappa shape index (κ3) is 7.78. The van der Waals surface area contributed by atoms with Crippen molar-refractivity contribution >= 4 is 27.7 Å². The van der Waals surface area contributed by atoms with E-state index in [1.807, 2.05) is 25.1 Å². The quantitative estimate of drug-likeness (QED) is 0.163. The van der Waals surface area contributed by atoms with Gasteiger partial charge in [0.2, 0.25) is 5.95 Å². The van der Waals surface area contributed by atoms with Gasteiger partial charge in [-0.15, -0.1) is 5.10 Å². The van der Waals surface area contributed by atoms with Crippen molar-refractivity contribution in [1.29, 1.82) is 0 Å². The van der Waals surface area contributed by atoms with Gasteiger partial charge in [-0.05, 0) is 56.9 Å². The number of aromatic nitrogens is 6. The summed E-state index contributed by atoms with van der Waals surface area (Å²) >= 11 is 0. The lowest BCUT2D eigenvalue weighted by molar-refractivity contribution is 0.102. The maximum absolute atomic E-state index is 14.0. The Labute approximate surface area is 284 Å². The number of sulfonamides is 1. The number of carbonyl (C=O) groups excluding carboxylic acids is 1. The van der Waals surface area contributed by atoms with Crippen molar-refractivity contribution in [1.82, 2.24) is 29.5 Å². The van der Waals surface area contributed by atoms with Crippen LogP contribution in [0.3, 0.4) is 0 Å². The zero-order chi connectivity index (χ0) is 35.3. The van der Waals surface area contributed by atoms with E-state index in [0.717, 1.165) is 24.0 Å². The van der Waals surface area contributed by atoms with Gasteiger partial charge in [-0.25, -0.2) is 18.4 Å². The number of unbranched alkanes of at least 4 members (excludes halogenated alkanes) is 1. The molecule has 0 aliphatic rings. The molecule has 5 rings (SSSR count). The third-order valence-electron chi connectivity index (χ3n) is 8.06. The zero-order valence-electron chi connectivity index (χ0n) is 28.4. The molecule has 0 saturated heterocycles. The highest BCUT2D eigenvalue weighted by atomic mass is 32.2. The van der Waals surface area contributed by atoms with E-state index >= 15 is 0 Å². The Bertz CT molecular complexity index is 2150. The van der Waals surface area contributed by atoms with Gasteiger partial charge in [0.1, 0.15) is 23.5 Å². The summed E-state index contributed by atoms with van der Waals surface area (Å²) in [5.41, 5.74) is 2.91. The highest BCUT2D eigenvalue weighted by molar-refractivity contribution is 7.92. The topological polar surface area (TPSA) is 176 Å². The Morgan fingerprint density at radius 1 is 1.06 bits per heavy atom. The number of benzene rings is 2. The summed E-state index contributed by atoms with van der Waals surface area (Å²) in [7, 11) is -2.40. The number of carbonyl (C=O) groups is 1. The van der Waals surface area contributed by atoms with Gasteiger partial charge in [0, 0.05) is 31.2 Å². The predicted octanol–water partition coefficient (Wildman–Crippen LogP) is 4.93. The molecule has 5 aromatic rings. The number of anilines is 2. The fraction of sp³-hybridized carbons (Fsp3) is 0.353. The predicted molar refractivity (Wildman–Crippen MR) is 184 cm³/mol. The van der Waals surface area contributed by atoms with Crippen LogP contribution in [-0.2, 0) is 41.4 Å². The Balaban J connectivity index is 1.55. The average molecular weight is 689 g/mol. The molecule has 0 bridgehead atoms. The Morgan fingerprint density at radius 2 is 1.84 bits per heavy atom. The largest absolute Gasteiger partial charge is 0.377 e. The van der Waals surface area contributed by atoms with Gasteiger partial charge in [0.15, 0.2) is 5.82 Å². The summed E-state index contributed by atoms with van der Waals surface area (Å²) in [6.45, 7) is 9.75. The van der Waals surface area contributed by atoms with E-state index in [1.54, 1.807) is 46.0 Å². The fourth-order valence-corrected chi connectivity index (χ4v) is 6.65. The molecule has 258 valence electrons. The van der Waals surface area contributed by atoms with E-state index in [1.165, 1.54) is 21.6 Å². The molecule has 0 unspecified atom stereocenters. The van der Waals surface area contributed by atoms with Crippen LogP contribution < -0.4 is 15.6 Å². The van der Waals surface area contributed by atoms with Gasteiger partial charge >= 0.3 is 0 Å². The van der Waals surface area contributed by atoms with Crippen LogP contribution in [0.1, 0.15) is 71.0 Å². The van der Waals surface area contributed by atoms with E-state index in [0.29, 0.717) is 47.0 Å². The highest BCUT2D eigenvalue weighted by Gasteiger charge is 2.25. The molecule has 0 spiro atoms. The number of hydrogen-bond donors (Lipinski definition) is 2. The van der Waals surface area contributed by atoms with Crippen molar-refractivity contribution in [2.24, 2.45) is 7.05 Å². The third-order valence-corrected chi connectivity index (χ3v) is 9.46. The van der Waals surface area contributed by atoms with Crippen molar-refractivity contribution in [3.8, 4) is 11.1 Å². The van der Waals surface area contributed by atoms with Crippen LogP contribution in [0, 0.1) is 20.8 Å². The van der Waals surface area contributed by atoms with Crippen molar-refractivity contribution < 1.29 is 22.5 Å². The van der Waals surface area contributed by atoms with Crippen LogP contribution in [0.2, 0.25) is 0 Å². The summed E-state index contributed by atoms with van der Waals surface area (Å²) in [4.78, 5) is 36.1. The van der Waals surface area contributed by atoms with Crippen LogP contribution in [0.4, 0.5) is 11.8 Å². The number of amides is 1. The molecule has 49 heavy (non-hydrogen) atoms. The molecular formula is C34H40N8O6S. The molecule has 0 saturated carbocycles. The van der Waals surface area contributed by atoms with Gasteiger partial charge in [-0.1, -0.05) is 54.9 Å². The number of nitrogens with one attached hydrogen (secondary N) is 2. The minimum absolute atomic E-state index is 0.0550. The van der Waals surface area contributed by atoms with E-state index < -0.39 is 21.5 Å².